The summed E-state index contributed by atoms with van der Waals surface area (Å²) in [5.41, 5.74) is 6.85. The number of nitrogens with one attached hydrogen (secondary N) is 2. The van der Waals surface area contributed by atoms with Crippen molar-refractivity contribution in [2.45, 2.75) is 31.7 Å². The molecule has 3 aromatic rings. The second-order valence-electron chi connectivity index (χ2n) is 9.04. The minimum Gasteiger partial charge on any atom is -0.493 e. The van der Waals surface area contributed by atoms with Gasteiger partial charge in [-0.3, -0.25) is 4.79 Å². The molecule has 2 aliphatic rings. The molecular formula is C29H30N2O4. The van der Waals surface area contributed by atoms with Crippen LogP contribution in [0.15, 0.2) is 71.9 Å². The van der Waals surface area contributed by atoms with Gasteiger partial charge in [-0.1, -0.05) is 42.0 Å². The molecule has 1 aliphatic carbocycles. The number of allylic oxidation sites excluding steroid dienone is 1. The molecule has 5 rings (SSSR count). The zero-order chi connectivity index (χ0) is 24.5. The number of anilines is 2. The predicted molar refractivity (Wildman–Crippen MR) is 138 cm³/mol. The van der Waals surface area contributed by atoms with Crippen molar-refractivity contribution >= 4 is 17.2 Å². The van der Waals surface area contributed by atoms with Crippen LogP contribution >= 0.6 is 0 Å². The van der Waals surface area contributed by atoms with Crippen molar-refractivity contribution in [1.82, 2.24) is 0 Å². The molecule has 35 heavy (non-hydrogen) atoms. The molecule has 6 nitrogen and oxygen atoms in total. The highest BCUT2D eigenvalue weighted by Gasteiger charge is 2.36. The molecule has 6 heteroatoms. The summed E-state index contributed by atoms with van der Waals surface area (Å²) < 4.78 is 16.7. The minimum absolute atomic E-state index is 0.125. The van der Waals surface area contributed by atoms with E-state index in [4.69, 9.17) is 14.2 Å². The fourth-order valence-electron chi connectivity index (χ4n) is 5.08. The molecule has 0 bridgehead atoms. The number of hydrogen-bond donors (Lipinski definition) is 2. The van der Waals surface area contributed by atoms with Gasteiger partial charge in [-0.15, -0.1) is 0 Å². The first-order valence-corrected chi connectivity index (χ1v) is 11.8. The average molecular weight is 471 g/mol. The van der Waals surface area contributed by atoms with E-state index in [0.717, 1.165) is 34.6 Å². The lowest BCUT2D eigenvalue weighted by molar-refractivity contribution is -0.116. The first kappa shape index (κ1) is 22.8. The Morgan fingerprint density at radius 2 is 1.46 bits per heavy atom. The van der Waals surface area contributed by atoms with E-state index in [-0.39, 0.29) is 17.7 Å². The molecule has 180 valence electrons. The fourth-order valence-corrected chi connectivity index (χ4v) is 5.08. The van der Waals surface area contributed by atoms with Gasteiger partial charge >= 0.3 is 0 Å². The molecule has 2 N–H and O–H groups in total. The van der Waals surface area contributed by atoms with Crippen LogP contribution in [0.25, 0.3) is 0 Å². The van der Waals surface area contributed by atoms with E-state index in [9.17, 15) is 4.79 Å². The molecule has 2 atom stereocenters. The summed E-state index contributed by atoms with van der Waals surface area (Å²) in [5, 5.41) is 7.21. The lowest BCUT2D eigenvalue weighted by Crippen LogP contribution is -2.27. The lowest BCUT2D eigenvalue weighted by atomic mass is 9.78. The number of aryl methyl sites for hydroxylation is 1. The van der Waals surface area contributed by atoms with Gasteiger partial charge in [0, 0.05) is 17.7 Å². The molecule has 0 radical (unpaired) electrons. The topological polar surface area (TPSA) is 68.8 Å². The molecule has 1 heterocycles. The Hall–Kier alpha value is -3.93. The van der Waals surface area contributed by atoms with Gasteiger partial charge in [0.25, 0.3) is 0 Å². The van der Waals surface area contributed by atoms with Crippen LogP contribution in [0.2, 0.25) is 0 Å². The molecule has 0 fully saturated rings. The van der Waals surface area contributed by atoms with E-state index in [0.29, 0.717) is 23.7 Å². The van der Waals surface area contributed by atoms with Crippen molar-refractivity contribution in [3.63, 3.8) is 0 Å². The molecule has 0 spiro atoms. The summed E-state index contributed by atoms with van der Waals surface area (Å²) in [7, 11) is 4.78. The van der Waals surface area contributed by atoms with E-state index < -0.39 is 0 Å². The third-order valence-electron chi connectivity index (χ3n) is 6.88. The van der Waals surface area contributed by atoms with Crippen LogP contribution in [-0.2, 0) is 4.79 Å². The van der Waals surface area contributed by atoms with E-state index in [1.54, 1.807) is 21.3 Å². The number of ether oxygens (including phenoxy) is 3. The number of carbonyl (C=O) groups is 1. The van der Waals surface area contributed by atoms with Crippen LogP contribution in [0.4, 0.5) is 11.4 Å². The van der Waals surface area contributed by atoms with Gasteiger partial charge in [-0.05, 0) is 54.7 Å². The maximum absolute atomic E-state index is 13.8. The maximum atomic E-state index is 13.8. The van der Waals surface area contributed by atoms with E-state index in [1.807, 2.05) is 36.4 Å². The molecule has 0 unspecified atom stereocenters. The van der Waals surface area contributed by atoms with Gasteiger partial charge in [-0.2, -0.15) is 0 Å². The van der Waals surface area contributed by atoms with Crippen LogP contribution in [0.3, 0.4) is 0 Å². The summed E-state index contributed by atoms with van der Waals surface area (Å²) in [4.78, 5) is 13.8. The summed E-state index contributed by atoms with van der Waals surface area (Å²) in [6.45, 7) is 2.08. The SMILES string of the molecule is COc1cc([C@H]2Nc3ccccc3NC3=C2C(=O)C[C@H](c2ccc(C)cc2)C3)cc(OC)c1OC. The van der Waals surface area contributed by atoms with Gasteiger partial charge in [0.2, 0.25) is 5.75 Å². The number of ketones is 1. The molecule has 1 aliphatic heterocycles. The van der Waals surface area contributed by atoms with Gasteiger partial charge in [-0.25, -0.2) is 0 Å². The van der Waals surface area contributed by atoms with Gasteiger partial charge in [0.1, 0.15) is 0 Å². The standard InChI is InChI=1S/C29H30N2O4/c1-17-9-11-18(12-10-17)19-13-23-27(24(32)14-19)28(31-22-8-6-5-7-21(22)30-23)20-15-25(33-2)29(35-4)26(16-20)34-3/h5-12,15-16,19,28,30-31H,13-14H2,1-4H3/t19-,28-/m1/s1. The Kier molecular flexibility index (Phi) is 6.12. The van der Waals surface area contributed by atoms with Crippen LogP contribution in [0.5, 0.6) is 17.2 Å². The fraction of sp³-hybridized carbons (Fsp3) is 0.276. The van der Waals surface area contributed by atoms with E-state index >= 15 is 0 Å². The first-order valence-electron chi connectivity index (χ1n) is 11.8. The number of carbonyl (C=O) groups excluding carboxylic acids is 1. The lowest BCUT2D eigenvalue weighted by Gasteiger charge is -2.30. The Balaban J connectivity index is 1.64. The highest BCUT2D eigenvalue weighted by atomic mass is 16.5. The van der Waals surface area contributed by atoms with Crippen molar-refractivity contribution in [2.75, 3.05) is 32.0 Å². The van der Waals surface area contributed by atoms with Crippen molar-refractivity contribution in [3.05, 3.63) is 88.6 Å². The minimum atomic E-state index is -0.374. The highest BCUT2D eigenvalue weighted by Crippen LogP contribution is 2.47. The normalized spacial score (nSPS) is 19.0. The second-order valence-corrected chi connectivity index (χ2v) is 9.04. The number of hydrogen-bond acceptors (Lipinski definition) is 6. The first-order chi connectivity index (χ1) is 17.0. The number of para-hydroxylation sites is 2. The zero-order valence-corrected chi connectivity index (χ0v) is 20.5. The molecule has 0 amide bonds. The van der Waals surface area contributed by atoms with Crippen LogP contribution in [0, 0.1) is 6.92 Å². The number of Topliss-reactive ketones (excluding diaryl/α,β-unsaturated/α-hetero) is 1. The van der Waals surface area contributed by atoms with Crippen LogP contribution < -0.4 is 24.8 Å². The quantitative estimate of drug-likeness (QED) is 0.477. The average Bonchev–Trinajstić information content (AvgIpc) is 3.05. The van der Waals surface area contributed by atoms with Gasteiger partial charge < -0.3 is 24.8 Å². The van der Waals surface area contributed by atoms with Gasteiger partial charge in [0.15, 0.2) is 17.3 Å². The summed E-state index contributed by atoms with van der Waals surface area (Å²) >= 11 is 0. The summed E-state index contributed by atoms with van der Waals surface area (Å²) in [5.74, 6) is 1.88. The number of methoxy groups -OCH3 is 3. The zero-order valence-electron chi connectivity index (χ0n) is 20.5. The number of rotatable bonds is 5. The second kappa shape index (κ2) is 9.37. The van der Waals surface area contributed by atoms with Crippen molar-refractivity contribution in [2.24, 2.45) is 0 Å². The predicted octanol–water partition coefficient (Wildman–Crippen LogP) is 6.00. The smallest absolute Gasteiger partial charge is 0.203 e. The number of fused-ring (bicyclic) bond motifs is 1. The third-order valence-corrected chi connectivity index (χ3v) is 6.88. The number of benzene rings is 3. The Labute approximate surface area is 205 Å². The van der Waals surface area contributed by atoms with Crippen LogP contribution in [-0.4, -0.2) is 27.1 Å². The van der Waals surface area contributed by atoms with Crippen molar-refractivity contribution in [3.8, 4) is 17.2 Å². The largest absolute Gasteiger partial charge is 0.493 e. The Bertz CT molecular complexity index is 1270. The van der Waals surface area contributed by atoms with Gasteiger partial charge in [0.05, 0.1) is 38.7 Å². The molecule has 0 saturated carbocycles. The molecule has 0 aromatic heterocycles. The Morgan fingerprint density at radius 3 is 2.09 bits per heavy atom. The van der Waals surface area contributed by atoms with Crippen LogP contribution in [0.1, 0.15) is 41.5 Å². The molecule has 0 saturated heterocycles. The van der Waals surface area contributed by atoms with E-state index in [1.165, 1.54) is 11.1 Å². The summed E-state index contributed by atoms with van der Waals surface area (Å²) in [6, 6.07) is 20.0. The van der Waals surface area contributed by atoms with E-state index in [2.05, 4.69) is 41.8 Å². The van der Waals surface area contributed by atoms with Crippen molar-refractivity contribution < 1.29 is 19.0 Å². The molecular weight excluding hydrogens is 440 g/mol. The third kappa shape index (κ3) is 4.20. The monoisotopic (exact) mass is 470 g/mol. The van der Waals surface area contributed by atoms with Crippen molar-refractivity contribution in [1.29, 1.82) is 0 Å². The summed E-state index contributed by atoms with van der Waals surface area (Å²) in [6.07, 6.45) is 1.21. The molecule has 3 aromatic carbocycles. The Morgan fingerprint density at radius 1 is 0.800 bits per heavy atom. The highest BCUT2D eigenvalue weighted by molar-refractivity contribution is 6.01. The maximum Gasteiger partial charge on any atom is 0.203 e.